The fraction of sp³-hybridized carbons (Fsp3) is 0.571. The van der Waals surface area contributed by atoms with Gasteiger partial charge in [0.25, 0.3) is 0 Å². The number of nitrogen functional groups attached to an aromatic ring is 1. The molecule has 1 heterocycles. The number of anilines is 2. The molecule has 0 spiro atoms. The highest BCUT2D eigenvalue weighted by Crippen LogP contribution is 2.26. The zero-order valence-corrected chi connectivity index (χ0v) is 11.4. The molecule has 0 bridgehead atoms. The summed E-state index contributed by atoms with van der Waals surface area (Å²) in [4.78, 5) is 4.76. The summed E-state index contributed by atoms with van der Waals surface area (Å²) in [5.74, 6) is 0.866. The van der Waals surface area contributed by atoms with Crippen LogP contribution in [-0.2, 0) is 0 Å². The van der Waals surface area contributed by atoms with Crippen LogP contribution in [0.3, 0.4) is 0 Å². The number of hydrogen-bond acceptors (Lipinski definition) is 4. The van der Waals surface area contributed by atoms with E-state index in [1.54, 1.807) is 0 Å². The van der Waals surface area contributed by atoms with Gasteiger partial charge in [-0.3, -0.25) is 0 Å². The van der Waals surface area contributed by atoms with Gasteiger partial charge in [-0.15, -0.1) is 0 Å². The lowest BCUT2D eigenvalue weighted by molar-refractivity contribution is 0.340. The van der Waals surface area contributed by atoms with Crippen LogP contribution in [0.4, 0.5) is 11.4 Å². The first-order valence-electron chi connectivity index (χ1n) is 6.66. The lowest BCUT2D eigenvalue weighted by Crippen LogP contribution is -2.28. The van der Waals surface area contributed by atoms with Crippen molar-refractivity contribution in [2.45, 2.75) is 13.3 Å². The Bertz CT molecular complexity index is 395. The second-order valence-electron chi connectivity index (χ2n) is 4.84. The zero-order chi connectivity index (χ0) is 13.0. The van der Waals surface area contributed by atoms with E-state index in [2.05, 4.69) is 22.9 Å². The molecule has 0 unspecified atom stereocenters. The van der Waals surface area contributed by atoms with Crippen molar-refractivity contribution in [1.82, 2.24) is 4.90 Å². The van der Waals surface area contributed by atoms with Crippen LogP contribution in [0.2, 0.25) is 0 Å². The highest BCUT2D eigenvalue weighted by atomic mass is 16.5. The van der Waals surface area contributed by atoms with Gasteiger partial charge in [-0.05, 0) is 33.0 Å². The maximum absolute atomic E-state index is 5.95. The summed E-state index contributed by atoms with van der Waals surface area (Å²) in [6.07, 6.45) is 1.19. The molecule has 2 N–H and O–H groups in total. The Kier molecular flexibility index (Phi) is 4.31. The Hall–Kier alpha value is -1.42. The SMILES string of the molecule is CCOc1cc(N)cc(N2CCCN(C)CC2)c1. The number of nitrogens with zero attached hydrogens (tertiary/aromatic N) is 2. The summed E-state index contributed by atoms with van der Waals surface area (Å²) in [6.45, 7) is 7.05. The summed E-state index contributed by atoms with van der Waals surface area (Å²) >= 11 is 0. The van der Waals surface area contributed by atoms with E-state index >= 15 is 0 Å². The second kappa shape index (κ2) is 5.96. The van der Waals surface area contributed by atoms with Crippen molar-refractivity contribution in [1.29, 1.82) is 0 Å². The standard InChI is InChI=1S/C14H23N3O/c1-3-18-14-10-12(15)9-13(11-14)17-6-4-5-16(2)7-8-17/h9-11H,3-8,15H2,1-2H3. The van der Waals surface area contributed by atoms with Crippen molar-refractivity contribution in [3.63, 3.8) is 0 Å². The topological polar surface area (TPSA) is 41.7 Å². The van der Waals surface area contributed by atoms with Crippen molar-refractivity contribution in [2.75, 3.05) is 50.5 Å². The molecule has 1 aliphatic rings. The van der Waals surface area contributed by atoms with Crippen LogP contribution >= 0.6 is 0 Å². The van der Waals surface area contributed by atoms with Crippen LogP contribution in [0.5, 0.6) is 5.75 Å². The number of rotatable bonds is 3. The minimum Gasteiger partial charge on any atom is -0.494 e. The van der Waals surface area contributed by atoms with Crippen molar-refractivity contribution in [3.8, 4) is 5.75 Å². The molecule has 100 valence electrons. The summed E-state index contributed by atoms with van der Waals surface area (Å²) in [7, 11) is 2.18. The molecule has 0 amide bonds. The second-order valence-corrected chi connectivity index (χ2v) is 4.84. The van der Waals surface area contributed by atoms with E-state index in [0.717, 1.165) is 37.6 Å². The van der Waals surface area contributed by atoms with Gasteiger partial charge in [0.15, 0.2) is 0 Å². The van der Waals surface area contributed by atoms with Crippen LogP contribution in [-0.4, -0.2) is 44.7 Å². The van der Waals surface area contributed by atoms with Gasteiger partial charge in [0.2, 0.25) is 0 Å². The van der Waals surface area contributed by atoms with Gasteiger partial charge in [0.05, 0.1) is 6.61 Å². The highest BCUT2D eigenvalue weighted by Gasteiger charge is 2.13. The molecule has 1 aromatic carbocycles. The quantitative estimate of drug-likeness (QED) is 0.830. The molecule has 0 saturated carbocycles. The fourth-order valence-electron chi connectivity index (χ4n) is 2.34. The molecule has 2 rings (SSSR count). The molecular formula is C14H23N3O. The van der Waals surface area contributed by atoms with E-state index in [1.807, 2.05) is 19.1 Å². The molecular weight excluding hydrogens is 226 g/mol. The first-order valence-corrected chi connectivity index (χ1v) is 6.66. The Morgan fingerprint density at radius 1 is 1.17 bits per heavy atom. The molecule has 1 saturated heterocycles. The van der Waals surface area contributed by atoms with E-state index in [4.69, 9.17) is 10.5 Å². The Morgan fingerprint density at radius 2 is 2.00 bits per heavy atom. The zero-order valence-electron chi connectivity index (χ0n) is 11.4. The molecule has 1 fully saturated rings. The van der Waals surface area contributed by atoms with Gasteiger partial charge in [0, 0.05) is 43.1 Å². The van der Waals surface area contributed by atoms with Crippen LogP contribution in [0.25, 0.3) is 0 Å². The molecule has 4 heteroatoms. The highest BCUT2D eigenvalue weighted by molar-refractivity contribution is 5.60. The molecule has 0 atom stereocenters. The fourth-order valence-corrected chi connectivity index (χ4v) is 2.34. The van der Waals surface area contributed by atoms with Crippen molar-refractivity contribution >= 4 is 11.4 Å². The third-order valence-corrected chi connectivity index (χ3v) is 3.31. The average Bonchev–Trinajstić information content (AvgIpc) is 2.54. The molecule has 4 nitrogen and oxygen atoms in total. The van der Waals surface area contributed by atoms with E-state index in [9.17, 15) is 0 Å². The average molecular weight is 249 g/mol. The smallest absolute Gasteiger partial charge is 0.123 e. The summed E-state index contributed by atoms with van der Waals surface area (Å²) < 4.78 is 5.55. The number of likely N-dealkylation sites (N-methyl/N-ethyl adjacent to an activating group) is 1. The number of benzene rings is 1. The number of nitrogens with two attached hydrogens (primary N) is 1. The summed E-state index contributed by atoms with van der Waals surface area (Å²) in [5.41, 5.74) is 7.89. The van der Waals surface area contributed by atoms with Gasteiger partial charge in [-0.2, -0.15) is 0 Å². The summed E-state index contributed by atoms with van der Waals surface area (Å²) in [5, 5.41) is 0. The predicted molar refractivity (Wildman–Crippen MR) is 76.4 cm³/mol. The maximum atomic E-state index is 5.95. The van der Waals surface area contributed by atoms with E-state index in [0.29, 0.717) is 6.61 Å². The van der Waals surface area contributed by atoms with Crippen LogP contribution in [0, 0.1) is 0 Å². The Morgan fingerprint density at radius 3 is 2.78 bits per heavy atom. The predicted octanol–water partition coefficient (Wildman–Crippen LogP) is 1.81. The van der Waals surface area contributed by atoms with E-state index in [1.165, 1.54) is 12.1 Å². The first kappa shape index (κ1) is 13.0. The van der Waals surface area contributed by atoms with Gasteiger partial charge in [0.1, 0.15) is 5.75 Å². The van der Waals surface area contributed by atoms with Crippen molar-refractivity contribution in [2.24, 2.45) is 0 Å². The molecule has 0 aromatic heterocycles. The van der Waals surface area contributed by atoms with E-state index < -0.39 is 0 Å². The van der Waals surface area contributed by atoms with Crippen LogP contribution in [0.1, 0.15) is 13.3 Å². The lowest BCUT2D eigenvalue weighted by Gasteiger charge is -2.23. The van der Waals surface area contributed by atoms with Gasteiger partial charge in [-0.25, -0.2) is 0 Å². The van der Waals surface area contributed by atoms with Crippen molar-refractivity contribution in [3.05, 3.63) is 18.2 Å². The van der Waals surface area contributed by atoms with Crippen LogP contribution in [0.15, 0.2) is 18.2 Å². The van der Waals surface area contributed by atoms with Gasteiger partial charge < -0.3 is 20.3 Å². The van der Waals surface area contributed by atoms with E-state index in [-0.39, 0.29) is 0 Å². The normalized spacial score (nSPS) is 17.6. The minimum atomic E-state index is 0.672. The Balaban J connectivity index is 2.15. The third kappa shape index (κ3) is 3.29. The third-order valence-electron chi connectivity index (χ3n) is 3.31. The Labute approximate surface area is 109 Å². The van der Waals surface area contributed by atoms with Gasteiger partial charge in [-0.1, -0.05) is 0 Å². The van der Waals surface area contributed by atoms with Crippen LogP contribution < -0.4 is 15.4 Å². The molecule has 18 heavy (non-hydrogen) atoms. The molecule has 1 aromatic rings. The first-order chi connectivity index (χ1) is 8.69. The number of hydrogen-bond donors (Lipinski definition) is 1. The largest absolute Gasteiger partial charge is 0.494 e. The van der Waals surface area contributed by atoms with Gasteiger partial charge >= 0.3 is 0 Å². The molecule has 0 radical (unpaired) electrons. The summed E-state index contributed by atoms with van der Waals surface area (Å²) in [6, 6.07) is 6.01. The minimum absolute atomic E-state index is 0.672. The lowest BCUT2D eigenvalue weighted by atomic mass is 10.2. The number of ether oxygens (including phenoxy) is 1. The molecule has 0 aliphatic carbocycles. The maximum Gasteiger partial charge on any atom is 0.123 e. The molecule has 1 aliphatic heterocycles. The monoisotopic (exact) mass is 249 g/mol. The van der Waals surface area contributed by atoms with Crippen molar-refractivity contribution < 1.29 is 4.74 Å².